The molecule has 2 aromatic rings. The molecule has 1 heterocycles. The summed E-state index contributed by atoms with van der Waals surface area (Å²) in [6.45, 7) is 2.21. The lowest BCUT2D eigenvalue weighted by molar-refractivity contribution is 0.671. The summed E-state index contributed by atoms with van der Waals surface area (Å²) >= 11 is 6.59. The van der Waals surface area contributed by atoms with Gasteiger partial charge < -0.3 is 0 Å². The molecule has 0 unspecified atom stereocenters. The Balaban J connectivity index is 2.19. The highest BCUT2D eigenvalue weighted by Gasteiger charge is 2.16. The molecule has 0 fully saturated rings. The summed E-state index contributed by atoms with van der Waals surface area (Å²) < 4.78 is 0. The van der Waals surface area contributed by atoms with E-state index in [2.05, 4.69) is 25.1 Å². The second-order valence-electron chi connectivity index (χ2n) is 5.16. The van der Waals surface area contributed by atoms with Crippen LogP contribution in [0.2, 0.25) is 5.02 Å². The number of rotatable bonds is 2. The van der Waals surface area contributed by atoms with E-state index < -0.39 is 0 Å². The van der Waals surface area contributed by atoms with Crippen molar-refractivity contribution in [1.82, 2.24) is 4.98 Å². The molecule has 1 aromatic heterocycles. The van der Waals surface area contributed by atoms with Crippen molar-refractivity contribution in [2.45, 2.75) is 45.4 Å². The standard InChI is InChI=1S/C16H18ClN/c1-2-5-11-8-9-15-13(10-11)16(17)12-6-3-4-7-14(12)18-15/h8-10H,2-7H2,1H3. The minimum absolute atomic E-state index is 0.952. The molecule has 94 valence electrons. The van der Waals surface area contributed by atoms with Crippen molar-refractivity contribution in [1.29, 1.82) is 0 Å². The molecule has 1 aliphatic rings. The van der Waals surface area contributed by atoms with Crippen LogP contribution in [0.5, 0.6) is 0 Å². The summed E-state index contributed by atoms with van der Waals surface area (Å²) in [7, 11) is 0. The molecular weight excluding hydrogens is 242 g/mol. The van der Waals surface area contributed by atoms with E-state index in [0.717, 1.165) is 35.2 Å². The van der Waals surface area contributed by atoms with Gasteiger partial charge in [0.2, 0.25) is 0 Å². The van der Waals surface area contributed by atoms with Crippen LogP contribution < -0.4 is 0 Å². The first-order valence-corrected chi connectivity index (χ1v) is 7.27. The van der Waals surface area contributed by atoms with Gasteiger partial charge in [-0.3, -0.25) is 4.98 Å². The van der Waals surface area contributed by atoms with Crippen molar-refractivity contribution in [2.75, 3.05) is 0 Å². The van der Waals surface area contributed by atoms with Gasteiger partial charge in [-0.15, -0.1) is 0 Å². The lowest BCUT2D eigenvalue weighted by Gasteiger charge is -2.18. The molecule has 0 bridgehead atoms. The van der Waals surface area contributed by atoms with E-state index in [1.807, 2.05) is 0 Å². The Morgan fingerprint density at radius 2 is 2.06 bits per heavy atom. The number of hydrogen-bond donors (Lipinski definition) is 0. The van der Waals surface area contributed by atoms with E-state index >= 15 is 0 Å². The van der Waals surface area contributed by atoms with E-state index in [4.69, 9.17) is 16.6 Å². The maximum absolute atomic E-state index is 6.59. The van der Waals surface area contributed by atoms with Crippen molar-refractivity contribution in [3.8, 4) is 0 Å². The van der Waals surface area contributed by atoms with Crippen LogP contribution in [0, 0.1) is 0 Å². The predicted molar refractivity (Wildman–Crippen MR) is 77.4 cm³/mol. The van der Waals surface area contributed by atoms with E-state index in [9.17, 15) is 0 Å². The van der Waals surface area contributed by atoms with Gasteiger partial charge in [0, 0.05) is 11.1 Å². The lowest BCUT2D eigenvalue weighted by atomic mass is 9.94. The van der Waals surface area contributed by atoms with Gasteiger partial charge in [0.05, 0.1) is 10.5 Å². The monoisotopic (exact) mass is 259 g/mol. The molecule has 0 atom stereocenters. The third-order valence-electron chi connectivity index (χ3n) is 3.80. The molecule has 3 rings (SSSR count). The highest BCUT2D eigenvalue weighted by molar-refractivity contribution is 6.36. The molecule has 0 saturated carbocycles. The van der Waals surface area contributed by atoms with Gasteiger partial charge in [-0.25, -0.2) is 0 Å². The van der Waals surface area contributed by atoms with Crippen LogP contribution in [-0.2, 0) is 19.3 Å². The topological polar surface area (TPSA) is 12.9 Å². The van der Waals surface area contributed by atoms with Crippen LogP contribution in [0.3, 0.4) is 0 Å². The fourth-order valence-corrected chi connectivity index (χ4v) is 3.21. The largest absolute Gasteiger partial charge is 0.252 e. The fraction of sp³-hybridized carbons (Fsp3) is 0.438. The van der Waals surface area contributed by atoms with Crippen molar-refractivity contribution in [3.63, 3.8) is 0 Å². The predicted octanol–water partition coefficient (Wildman–Crippen LogP) is 4.72. The number of hydrogen-bond acceptors (Lipinski definition) is 1. The summed E-state index contributed by atoms with van der Waals surface area (Å²) in [4.78, 5) is 4.79. The molecule has 0 N–H and O–H groups in total. The zero-order chi connectivity index (χ0) is 12.5. The fourth-order valence-electron chi connectivity index (χ4n) is 2.86. The molecule has 2 heteroatoms. The zero-order valence-electron chi connectivity index (χ0n) is 10.8. The summed E-state index contributed by atoms with van der Waals surface area (Å²) in [5, 5.41) is 2.09. The summed E-state index contributed by atoms with van der Waals surface area (Å²) in [6, 6.07) is 6.54. The molecule has 0 spiro atoms. The second kappa shape index (κ2) is 4.89. The third-order valence-corrected chi connectivity index (χ3v) is 4.23. The van der Waals surface area contributed by atoms with Crippen molar-refractivity contribution >= 4 is 22.5 Å². The van der Waals surface area contributed by atoms with Crippen LogP contribution in [-0.4, -0.2) is 4.98 Å². The molecule has 0 aliphatic heterocycles. The quantitative estimate of drug-likeness (QED) is 0.761. The van der Waals surface area contributed by atoms with Crippen molar-refractivity contribution < 1.29 is 0 Å². The first-order valence-electron chi connectivity index (χ1n) is 6.89. The van der Waals surface area contributed by atoms with Crippen LogP contribution in [0.1, 0.15) is 43.0 Å². The Bertz CT molecular complexity index is 589. The van der Waals surface area contributed by atoms with E-state index in [-0.39, 0.29) is 0 Å². The summed E-state index contributed by atoms with van der Waals surface area (Å²) in [5.74, 6) is 0. The Morgan fingerprint density at radius 3 is 2.89 bits per heavy atom. The molecule has 0 amide bonds. The minimum atomic E-state index is 0.952. The van der Waals surface area contributed by atoms with Gasteiger partial charge in [-0.05, 0) is 55.4 Å². The minimum Gasteiger partial charge on any atom is -0.252 e. The molecule has 0 saturated heterocycles. The van der Waals surface area contributed by atoms with Crippen LogP contribution in [0.15, 0.2) is 18.2 Å². The molecular formula is C16H18ClN. The maximum atomic E-state index is 6.59. The van der Waals surface area contributed by atoms with Crippen LogP contribution in [0.25, 0.3) is 10.9 Å². The Labute approximate surface area is 113 Å². The van der Waals surface area contributed by atoms with Crippen molar-refractivity contribution in [2.24, 2.45) is 0 Å². The van der Waals surface area contributed by atoms with E-state index in [1.165, 1.54) is 36.1 Å². The Morgan fingerprint density at radius 1 is 1.22 bits per heavy atom. The number of aryl methyl sites for hydroxylation is 2. The lowest BCUT2D eigenvalue weighted by Crippen LogP contribution is -2.06. The van der Waals surface area contributed by atoms with Gasteiger partial charge in [-0.2, -0.15) is 0 Å². The smallest absolute Gasteiger partial charge is 0.0720 e. The summed E-state index contributed by atoms with van der Waals surface area (Å²) in [5.41, 5.74) is 4.94. The van der Waals surface area contributed by atoms with Crippen LogP contribution in [0.4, 0.5) is 0 Å². The number of aromatic nitrogens is 1. The third kappa shape index (κ3) is 2.01. The van der Waals surface area contributed by atoms with Gasteiger partial charge in [0.25, 0.3) is 0 Å². The molecule has 1 nitrogen and oxygen atoms in total. The highest BCUT2D eigenvalue weighted by Crippen LogP contribution is 2.33. The Kier molecular flexibility index (Phi) is 3.25. The number of benzene rings is 1. The number of nitrogens with zero attached hydrogens (tertiary/aromatic N) is 1. The SMILES string of the molecule is CCCc1ccc2nc3c(c(Cl)c2c1)CCCC3. The maximum Gasteiger partial charge on any atom is 0.0720 e. The van der Waals surface area contributed by atoms with Crippen molar-refractivity contribution in [3.05, 3.63) is 40.0 Å². The number of fused-ring (bicyclic) bond motifs is 2. The average Bonchev–Trinajstić information content (AvgIpc) is 2.40. The average molecular weight is 260 g/mol. The molecule has 18 heavy (non-hydrogen) atoms. The highest BCUT2D eigenvalue weighted by atomic mass is 35.5. The number of halogens is 1. The molecule has 1 aromatic carbocycles. The van der Waals surface area contributed by atoms with E-state index in [0.29, 0.717) is 0 Å². The first-order chi connectivity index (χ1) is 8.79. The van der Waals surface area contributed by atoms with Gasteiger partial charge >= 0.3 is 0 Å². The normalized spacial score (nSPS) is 14.8. The molecule has 1 aliphatic carbocycles. The van der Waals surface area contributed by atoms with E-state index in [1.54, 1.807) is 0 Å². The summed E-state index contributed by atoms with van der Waals surface area (Å²) in [6.07, 6.45) is 6.95. The first kappa shape index (κ1) is 12.0. The Hall–Kier alpha value is -1.08. The van der Waals surface area contributed by atoms with Gasteiger partial charge in [0.15, 0.2) is 0 Å². The zero-order valence-corrected chi connectivity index (χ0v) is 11.6. The van der Waals surface area contributed by atoms with Crippen LogP contribution >= 0.6 is 11.6 Å². The molecule has 0 radical (unpaired) electrons. The second-order valence-corrected chi connectivity index (χ2v) is 5.54. The van der Waals surface area contributed by atoms with Gasteiger partial charge in [-0.1, -0.05) is 31.0 Å². The number of pyridine rings is 1. The van der Waals surface area contributed by atoms with Gasteiger partial charge in [0.1, 0.15) is 0 Å².